The van der Waals surface area contributed by atoms with Crippen LogP contribution in [0.4, 0.5) is 5.69 Å². The molecule has 0 heterocycles. The van der Waals surface area contributed by atoms with Crippen molar-refractivity contribution in [2.24, 2.45) is 0 Å². The van der Waals surface area contributed by atoms with E-state index in [0.29, 0.717) is 12.0 Å². The van der Waals surface area contributed by atoms with Crippen molar-refractivity contribution in [2.75, 3.05) is 12.4 Å². The Balaban J connectivity index is 1.58. The van der Waals surface area contributed by atoms with Crippen molar-refractivity contribution in [1.29, 1.82) is 0 Å². The van der Waals surface area contributed by atoms with Crippen molar-refractivity contribution >= 4 is 5.69 Å². The van der Waals surface area contributed by atoms with E-state index >= 15 is 0 Å². The molecule has 0 amide bonds. The lowest BCUT2D eigenvalue weighted by Crippen LogP contribution is -2.34. The Morgan fingerprint density at radius 1 is 1.05 bits per heavy atom. The van der Waals surface area contributed by atoms with Crippen molar-refractivity contribution in [3.63, 3.8) is 0 Å². The minimum absolute atomic E-state index is 0.576. The molecule has 0 aliphatic heterocycles. The van der Waals surface area contributed by atoms with Crippen molar-refractivity contribution in [1.82, 2.24) is 0 Å². The lowest BCUT2D eigenvalue weighted by atomic mass is 9.75. The Morgan fingerprint density at radius 3 is 2.43 bits per heavy atom. The third-order valence-corrected chi connectivity index (χ3v) is 4.45. The van der Waals surface area contributed by atoms with Gasteiger partial charge in [-0.3, -0.25) is 0 Å². The van der Waals surface area contributed by atoms with Gasteiger partial charge in [0.2, 0.25) is 0 Å². The van der Waals surface area contributed by atoms with Crippen LogP contribution in [0, 0.1) is 0 Å². The van der Waals surface area contributed by atoms with Crippen LogP contribution in [-0.2, 0) is 6.42 Å². The Hall–Kier alpha value is -1.96. The van der Waals surface area contributed by atoms with Crippen LogP contribution < -0.4 is 10.1 Å². The van der Waals surface area contributed by atoms with Crippen LogP contribution in [-0.4, -0.2) is 13.2 Å². The Kier molecular flexibility index (Phi) is 4.14. The second-order valence-corrected chi connectivity index (χ2v) is 5.80. The van der Waals surface area contributed by atoms with Crippen LogP contribution >= 0.6 is 0 Å². The van der Waals surface area contributed by atoms with E-state index in [1.807, 2.05) is 6.07 Å². The van der Waals surface area contributed by atoms with E-state index in [1.54, 1.807) is 7.11 Å². The Bertz CT molecular complexity index is 585. The fraction of sp³-hybridized carbons (Fsp3) is 0.368. The monoisotopic (exact) mass is 281 g/mol. The lowest BCUT2D eigenvalue weighted by molar-refractivity contribution is 0.350. The molecule has 0 atom stereocenters. The molecule has 1 fully saturated rings. The van der Waals surface area contributed by atoms with Crippen molar-refractivity contribution in [3.8, 4) is 5.75 Å². The molecule has 1 aliphatic rings. The fourth-order valence-corrected chi connectivity index (χ4v) is 3.07. The normalized spacial score (nSPS) is 20.7. The summed E-state index contributed by atoms with van der Waals surface area (Å²) in [5, 5.41) is 3.63. The van der Waals surface area contributed by atoms with Gasteiger partial charge < -0.3 is 10.1 Å². The first-order valence-electron chi connectivity index (χ1n) is 7.78. The summed E-state index contributed by atoms with van der Waals surface area (Å²) in [5.74, 6) is 1.64. The number of aryl methyl sites for hydroxylation is 1. The zero-order valence-electron chi connectivity index (χ0n) is 12.8. The van der Waals surface area contributed by atoms with E-state index in [0.717, 1.165) is 12.2 Å². The number of para-hydroxylation sites is 1. The highest BCUT2D eigenvalue weighted by atomic mass is 16.5. The molecule has 1 saturated carbocycles. The molecule has 1 N–H and O–H groups in total. The number of hydrogen-bond donors (Lipinski definition) is 1. The molecule has 1 aliphatic carbocycles. The summed E-state index contributed by atoms with van der Waals surface area (Å²) < 4.78 is 5.46. The number of nitrogens with one attached hydrogen (secondary N) is 1. The number of ether oxygens (including phenoxy) is 1. The topological polar surface area (TPSA) is 21.3 Å². The quantitative estimate of drug-likeness (QED) is 0.863. The predicted octanol–water partition coefficient (Wildman–Crippen LogP) is 4.62. The van der Waals surface area contributed by atoms with Gasteiger partial charge in [-0.05, 0) is 54.5 Å². The number of anilines is 1. The highest BCUT2D eigenvalue weighted by Gasteiger charge is 2.31. The number of benzene rings is 2. The molecule has 2 nitrogen and oxygen atoms in total. The van der Waals surface area contributed by atoms with Gasteiger partial charge in [0.15, 0.2) is 0 Å². The van der Waals surface area contributed by atoms with Gasteiger partial charge in [-0.25, -0.2) is 0 Å². The van der Waals surface area contributed by atoms with Crippen LogP contribution in [0.2, 0.25) is 0 Å². The molecule has 2 aromatic rings. The van der Waals surface area contributed by atoms with Gasteiger partial charge in [0.25, 0.3) is 0 Å². The summed E-state index contributed by atoms with van der Waals surface area (Å²) in [4.78, 5) is 0. The Morgan fingerprint density at radius 2 is 1.76 bits per heavy atom. The second kappa shape index (κ2) is 6.21. The van der Waals surface area contributed by atoms with E-state index in [4.69, 9.17) is 4.74 Å². The minimum Gasteiger partial charge on any atom is -0.496 e. The SMILES string of the molecule is CCc1ccc(NC2CC(c3ccccc3OC)C2)cc1. The van der Waals surface area contributed by atoms with E-state index in [1.165, 1.54) is 29.7 Å². The minimum atomic E-state index is 0.576. The molecule has 0 bridgehead atoms. The molecule has 21 heavy (non-hydrogen) atoms. The van der Waals surface area contributed by atoms with E-state index < -0.39 is 0 Å². The largest absolute Gasteiger partial charge is 0.496 e. The molecule has 0 unspecified atom stereocenters. The summed E-state index contributed by atoms with van der Waals surface area (Å²) in [7, 11) is 1.75. The van der Waals surface area contributed by atoms with Gasteiger partial charge in [0.05, 0.1) is 7.11 Å². The first-order valence-corrected chi connectivity index (χ1v) is 7.78. The van der Waals surface area contributed by atoms with Gasteiger partial charge in [0, 0.05) is 11.7 Å². The molecule has 0 saturated heterocycles. The number of methoxy groups -OCH3 is 1. The third-order valence-electron chi connectivity index (χ3n) is 4.45. The Labute approximate surface area is 127 Å². The zero-order chi connectivity index (χ0) is 14.7. The molecule has 2 heteroatoms. The average Bonchev–Trinajstić information content (AvgIpc) is 2.51. The summed E-state index contributed by atoms with van der Waals surface area (Å²) in [6, 6.07) is 17.7. The molecular weight excluding hydrogens is 258 g/mol. The van der Waals surface area contributed by atoms with Crippen LogP contribution in [0.1, 0.15) is 36.8 Å². The van der Waals surface area contributed by atoms with Gasteiger partial charge in [0.1, 0.15) is 5.75 Å². The maximum Gasteiger partial charge on any atom is 0.122 e. The predicted molar refractivity (Wildman–Crippen MR) is 88.2 cm³/mol. The molecular formula is C19H23NO. The number of hydrogen-bond acceptors (Lipinski definition) is 2. The highest BCUT2D eigenvalue weighted by Crippen LogP contribution is 2.42. The van der Waals surface area contributed by atoms with Crippen molar-refractivity contribution < 1.29 is 4.74 Å². The van der Waals surface area contributed by atoms with E-state index in [-0.39, 0.29) is 0 Å². The first-order chi connectivity index (χ1) is 10.3. The summed E-state index contributed by atoms with van der Waals surface area (Å²) in [5.41, 5.74) is 3.97. The summed E-state index contributed by atoms with van der Waals surface area (Å²) in [6.07, 6.45) is 3.45. The number of rotatable bonds is 5. The van der Waals surface area contributed by atoms with Crippen LogP contribution in [0.3, 0.4) is 0 Å². The van der Waals surface area contributed by atoms with Crippen LogP contribution in [0.15, 0.2) is 48.5 Å². The molecule has 110 valence electrons. The summed E-state index contributed by atoms with van der Waals surface area (Å²) in [6.45, 7) is 2.19. The van der Waals surface area contributed by atoms with Crippen molar-refractivity contribution in [3.05, 3.63) is 59.7 Å². The smallest absolute Gasteiger partial charge is 0.122 e. The maximum absolute atomic E-state index is 5.46. The lowest BCUT2D eigenvalue weighted by Gasteiger charge is -2.37. The average molecular weight is 281 g/mol. The summed E-state index contributed by atoms with van der Waals surface area (Å²) >= 11 is 0. The molecule has 0 spiro atoms. The molecule has 0 aromatic heterocycles. The third kappa shape index (κ3) is 3.05. The van der Waals surface area contributed by atoms with Gasteiger partial charge in [-0.1, -0.05) is 37.3 Å². The van der Waals surface area contributed by atoms with Gasteiger partial charge in [-0.15, -0.1) is 0 Å². The second-order valence-electron chi connectivity index (χ2n) is 5.80. The van der Waals surface area contributed by atoms with Crippen LogP contribution in [0.5, 0.6) is 5.75 Å². The van der Waals surface area contributed by atoms with Crippen molar-refractivity contribution in [2.45, 2.75) is 38.1 Å². The highest BCUT2D eigenvalue weighted by molar-refractivity contribution is 5.47. The zero-order valence-corrected chi connectivity index (χ0v) is 12.8. The van der Waals surface area contributed by atoms with E-state index in [2.05, 4.69) is 54.7 Å². The first kappa shape index (κ1) is 14.0. The fourth-order valence-electron chi connectivity index (χ4n) is 3.07. The standard InChI is InChI=1S/C19H23NO/c1-3-14-8-10-16(11-9-14)20-17-12-15(13-17)18-6-4-5-7-19(18)21-2/h4-11,15,17,20H,3,12-13H2,1-2H3. The molecule has 3 rings (SSSR count). The van der Waals surface area contributed by atoms with Crippen LogP contribution in [0.25, 0.3) is 0 Å². The van der Waals surface area contributed by atoms with E-state index in [9.17, 15) is 0 Å². The van der Waals surface area contributed by atoms with Gasteiger partial charge in [-0.2, -0.15) is 0 Å². The molecule has 2 aromatic carbocycles. The maximum atomic E-state index is 5.46. The van der Waals surface area contributed by atoms with Gasteiger partial charge >= 0.3 is 0 Å². The molecule has 0 radical (unpaired) electrons.